The van der Waals surface area contributed by atoms with E-state index in [0.29, 0.717) is 31.7 Å². The summed E-state index contributed by atoms with van der Waals surface area (Å²) >= 11 is 5.77. The summed E-state index contributed by atoms with van der Waals surface area (Å²) in [5, 5.41) is 10.9. The predicted octanol–water partition coefficient (Wildman–Crippen LogP) is 2.88. The first-order valence-corrected chi connectivity index (χ1v) is 10.9. The molecule has 0 aromatic heterocycles. The first-order chi connectivity index (χ1) is 16.4. The highest BCUT2D eigenvalue weighted by Gasteiger charge is 2.22. The van der Waals surface area contributed by atoms with Gasteiger partial charge < -0.3 is 19.1 Å². The van der Waals surface area contributed by atoms with Gasteiger partial charge in [-0.25, -0.2) is 4.79 Å². The van der Waals surface area contributed by atoms with Gasteiger partial charge in [-0.15, -0.1) is 0 Å². The monoisotopic (exact) mass is 487 g/mol. The molecule has 0 aliphatic carbocycles. The van der Waals surface area contributed by atoms with Crippen molar-refractivity contribution in [1.82, 2.24) is 9.80 Å². The number of hydrogen-bond acceptors (Lipinski definition) is 8. The van der Waals surface area contributed by atoms with Gasteiger partial charge in [-0.2, -0.15) is 0 Å². The van der Waals surface area contributed by atoms with E-state index >= 15 is 0 Å². The molecule has 10 nitrogen and oxygen atoms in total. The van der Waals surface area contributed by atoms with Crippen LogP contribution < -0.4 is 9.47 Å². The molecule has 2 aliphatic heterocycles. The Balaban J connectivity index is 1.20. The topological polar surface area (TPSA) is 111 Å². The molecule has 2 aromatic carbocycles. The van der Waals surface area contributed by atoms with Crippen molar-refractivity contribution in [2.75, 3.05) is 39.6 Å². The van der Waals surface area contributed by atoms with Crippen LogP contribution in [0.4, 0.5) is 5.69 Å². The lowest BCUT2D eigenvalue weighted by molar-refractivity contribution is -0.384. The van der Waals surface area contributed by atoms with Crippen LogP contribution in [0.15, 0.2) is 42.5 Å². The van der Waals surface area contributed by atoms with Crippen LogP contribution in [0.5, 0.6) is 11.5 Å². The van der Waals surface area contributed by atoms with Gasteiger partial charge in [0.1, 0.15) is 5.02 Å². The van der Waals surface area contributed by atoms with E-state index in [0.717, 1.165) is 29.7 Å². The van der Waals surface area contributed by atoms with Crippen molar-refractivity contribution in [2.45, 2.75) is 6.54 Å². The summed E-state index contributed by atoms with van der Waals surface area (Å²) in [6.07, 6.45) is 2.48. The second kappa shape index (κ2) is 10.5. The van der Waals surface area contributed by atoms with Gasteiger partial charge in [0.05, 0.1) is 4.92 Å². The number of hydrogen-bond donors (Lipinski definition) is 0. The molecule has 1 fully saturated rings. The zero-order valence-corrected chi connectivity index (χ0v) is 18.9. The third-order valence-corrected chi connectivity index (χ3v) is 5.80. The number of amides is 1. The summed E-state index contributed by atoms with van der Waals surface area (Å²) < 4.78 is 15.8. The van der Waals surface area contributed by atoms with E-state index in [1.54, 1.807) is 4.90 Å². The molecule has 0 bridgehead atoms. The van der Waals surface area contributed by atoms with Crippen molar-refractivity contribution in [1.29, 1.82) is 0 Å². The van der Waals surface area contributed by atoms with Crippen LogP contribution in [0.2, 0.25) is 5.02 Å². The molecule has 0 unspecified atom stereocenters. The second-order valence-electron chi connectivity index (χ2n) is 7.75. The Kier molecular flexibility index (Phi) is 7.29. The number of nitro benzene ring substituents is 1. The molecule has 2 aliphatic rings. The number of nitrogens with zero attached hydrogens (tertiary/aromatic N) is 3. The Morgan fingerprint density at radius 2 is 1.85 bits per heavy atom. The van der Waals surface area contributed by atoms with Gasteiger partial charge >= 0.3 is 5.97 Å². The Bertz CT molecular complexity index is 1130. The number of carbonyl (C=O) groups excluding carboxylic acids is 2. The quantitative estimate of drug-likeness (QED) is 0.254. The summed E-state index contributed by atoms with van der Waals surface area (Å²) in [5.74, 6) is 0.508. The molecule has 2 aromatic rings. The molecular weight excluding hydrogens is 466 g/mol. The zero-order chi connectivity index (χ0) is 24.1. The third-order valence-electron chi connectivity index (χ3n) is 5.48. The largest absolute Gasteiger partial charge is 0.454 e. The number of rotatable bonds is 7. The van der Waals surface area contributed by atoms with E-state index in [9.17, 15) is 19.7 Å². The Morgan fingerprint density at radius 3 is 2.62 bits per heavy atom. The van der Waals surface area contributed by atoms with Gasteiger partial charge in [0.15, 0.2) is 18.1 Å². The molecule has 2 heterocycles. The maximum Gasteiger partial charge on any atom is 0.331 e. The molecule has 34 heavy (non-hydrogen) atoms. The smallest absolute Gasteiger partial charge is 0.331 e. The molecular formula is C23H22ClN3O7. The number of piperazine rings is 1. The maximum atomic E-state index is 12.4. The number of ether oxygens (including phenoxy) is 3. The first-order valence-electron chi connectivity index (χ1n) is 10.6. The Morgan fingerprint density at radius 1 is 1.09 bits per heavy atom. The normalized spacial score (nSPS) is 15.5. The molecule has 11 heteroatoms. The van der Waals surface area contributed by atoms with Crippen LogP contribution in [-0.2, 0) is 20.9 Å². The summed E-state index contributed by atoms with van der Waals surface area (Å²) in [6.45, 7) is 3.07. The van der Waals surface area contributed by atoms with Crippen molar-refractivity contribution < 1.29 is 28.7 Å². The van der Waals surface area contributed by atoms with Gasteiger partial charge in [0.2, 0.25) is 6.79 Å². The minimum absolute atomic E-state index is 0.00584. The zero-order valence-electron chi connectivity index (χ0n) is 18.1. The highest BCUT2D eigenvalue weighted by molar-refractivity contribution is 6.32. The van der Waals surface area contributed by atoms with Gasteiger partial charge in [-0.05, 0) is 35.4 Å². The van der Waals surface area contributed by atoms with E-state index in [2.05, 4.69) is 4.90 Å². The SMILES string of the molecule is O=C(/C=C/c1ccc(Cl)c([N+](=O)[O-])c1)OCC(=O)N1CCN(Cc2ccc3c(c2)OCO3)CC1. The Labute approximate surface area is 200 Å². The van der Waals surface area contributed by atoms with Crippen LogP contribution >= 0.6 is 11.6 Å². The second-order valence-corrected chi connectivity index (χ2v) is 8.16. The minimum atomic E-state index is -0.715. The van der Waals surface area contributed by atoms with Gasteiger partial charge in [0.25, 0.3) is 11.6 Å². The van der Waals surface area contributed by atoms with Crippen LogP contribution in [0.1, 0.15) is 11.1 Å². The maximum absolute atomic E-state index is 12.4. The number of halogens is 1. The predicted molar refractivity (Wildman–Crippen MR) is 123 cm³/mol. The molecule has 0 spiro atoms. The minimum Gasteiger partial charge on any atom is -0.454 e. The standard InChI is InChI=1S/C23H22ClN3O7/c24-18-4-1-16(11-19(18)27(30)31)3-6-23(29)32-14-22(28)26-9-7-25(8-10-26)13-17-2-5-20-21(12-17)34-15-33-20/h1-6,11-12H,7-10,13-15H2/b6-3+. The summed E-state index contributed by atoms with van der Waals surface area (Å²) in [7, 11) is 0. The number of benzene rings is 2. The van der Waals surface area contributed by atoms with E-state index in [4.69, 9.17) is 25.8 Å². The fourth-order valence-electron chi connectivity index (χ4n) is 3.66. The van der Waals surface area contributed by atoms with E-state index in [1.165, 1.54) is 24.3 Å². The molecule has 0 radical (unpaired) electrons. The number of fused-ring (bicyclic) bond motifs is 1. The van der Waals surface area contributed by atoms with Crippen molar-refractivity contribution in [3.63, 3.8) is 0 Å². The molecule has 178 valence electrons. The van der Waals surface area contributed by atoms with E-state index < -0.39 is 10.9 Å². The number of esters is 1. The van der Waals surface area contributed by atoms with E-state index in [1.807, 2.05) is 18.2 Å². The first kappa shape index (κ1) is 23.5. The lowest BCUT2D eigenvalue weighted by Gasteiger charge is -2.34. The van der Waals surface area contributed by atoms with Crippen molar-refractivity contribution in [3.05, 3.63) is 68.7 Å². The number of carbonyl (C=O) groups is 2. The highest BCUT2D eigenvalue weighted by Crippen LogP contribution is 2.33. The van der Waals surface area contributed by atoms with Crippen molar-refractivity contribution >= 4 is 35.2 Å². The lowest BCUT2D eigenvalue weighted by atomic mass is 10.1. The van der Waals surface area contributed by atoms with E-state index in [-0.39, 0.29) is 30.0 Å². The summed E-state index contributed by atoms with van der Waals surface area (Å²) in [4.78, 5) is 38.6. The van der Waals surface area contributed by atoms with Crippen LogP contribution in [0.3, 0.4) is 0 Å². The molecule has 0 N–H and O–H groups in total. The molecule has 1 amide bonds. The molecule has 4 rings (SSSR count). The lowest BCUT2D eigenvalue weighted by Crippen LogP contribution is -2.49. The fourth-order valence-corrected chi connectivity index (χ4v) is 3.85. The average Bonchev–Trinajstić information content (AvgIpc) is 3.30. The molecule has 0 atom stereocenters. The molecule has 1 saturated heterocycles. The van der Waals surface area contributed by atoms with Gasteiger partial charge in [-0.1, -0.05) is 23.7 Å². The average molecular weight is 488 g/mol. The summed E-state index contributed by atoms with van der Waals surface area (Å²) in [6, 6.07) is 10.0. The molecule has 0 saturated carbocycles. The van der Waals surface area contributed by atoms with Crippen molar-refractivity contribution in [2.24, 2.45) is 0 Å². The highest BCUT2D eigenvalue weighted by atomic mass is 35.5. The van der Waals surface area contributed by atoms with Crippen LogP contribution in [0.25, 0.3) is 6.08 Å². The van der Waals surface area contributed by atoms with Gasteiger partial charge in [0, 0.05) is 44.9 Å². The third kappa shape index (κ3) is 5.83. The van der Waals surface area contributed by atoms with Crippen LogP contribution in [0, 0.1) is 10.1 Å². The van der Waals surface area contributed by atoms with Crippen LogP contribution in [-0.4, -0.2) is 66.2 Å². The van der Waals surface area contributed by atoms with Gasteiger partial charge in [-0.3, -0.25) is 19.8 Å². The Hall–Kier alpha value is -3.63. The fraction of sp³-hybridized carbons (Fsp3) is 0.304. The van der Waals surface area contributed by atoms with Crippen molar-refractivity contribution in [3.8, 4) is 11.5 Å². The summed E-state index contributed by atoms with van der Waals surface area (Å²) in [5.41, 5.74) is 1.26. The number of nitro groups is 1.